The van der Waals surface area contributed by atoms with Crippen LogP contribution in [0.1, 0.15) is 46.2 Å². The van der Waals surface area contributed by atoms with Gasteiger partial charge in [-0.3, -0.25) is 0 Å². The molecule has 0 radical (unpaired) electrons. The minimum atomic E-state index is -4.89. The molecule has 0 aliphatic heterocycles. The number of aryl methyl sites for hydroxylation is 2. The number of alkyl halides is 10. The van der Waals surface area contributed by atoms with Crippen molar-refractivity contribution in [3.63, 3.8) is 0 Å². The van der Waals surface area contributed by atoms with Gasteiger partial charge < -0.3 is 9.47 Å². The summed E-state index contributed by atoms with van der Waals surface area (Å²) in [5, 5.41) is 0.753. The predicted octanol–water partition coefficient (Wildman–Crippen LogP) is 9.16. The van der Waals surface area contributed by atoms with E-state index in [1.807, 2.05) is 0 Å². The Hall–Kier alpha value is -3.36. The van der Waals surface area contributed by atoms with Crippen molar-refractivity contribution in [2.24, 2.45) is 0 Å². The lowest BCUT2D eigenvalue weighted by molar-refractivity contribution is -0.138. The number of ether oxygens (including phenoxy) is 2. The lowest BCUT2D eigenvalue weighted by Gasteiger charge is -2.22. The molecule has 4 rings (SSSR count). The fourth-order valence-corrected chi connectivity index (χ4v) is 7.82. The fraction of sp³-hybridized carbons (Fsp3) is 0.250. The van der Waals surface area contributed by atoms with E-state index in [2.05, 4.69) is 0 Å². The number of rotatable bonds is 9. The van der Waals surface area contributed by atoms with Gasteiger partial charge in [0.25, 0.3) is 12.9 Å². The smallest absolute Gasteiger partial charge is 0.416 e. The summed E-state index contributed by atoms with van der Waals surface area (Å²) in [6.45, 7) is 3.39. The lowest BCUT2D eigenvalue weighted by atomic mass is 9.96. The van der Waals surface area contributed by atoms with E-state index in [0.717, 1.165) is 24.3 Å². The molecule has 4 aromatic rings. The molecule has 0 spiro atoms. The molecule has 0 amide bonds. The Balaban J connectivity index is 1.97. The van der Waals surface area contributed by atoms with Gasteiger partial charge in [-0.2, -0.15) is 26.3 Å². The summed E-state index contributed by atoms with van der Waals surface area (Å²) in [7, 11) is 1.58. The molecule has 0 aromatic heterocycles. The molecular weight excluding hydrogens is 668 g/mol. The van der Waals surface area contributed by atoms with Crippen molar-refractivity contribution in [1.82, 2.24) is 0 Å². The van der Waals surface area contributed by atoms with E-state index >= 15 is 0 Å². The first kappa shape index (κ1) is 35.5. The highest BCUT2D eigenvalue weighted by Crippen LogP contribution is 2.39. The van der Waals surface area contributed by atoms with Crippen molar-refractivity contribution in [3.8, 4) is 22.6 Å². The van der Waals surface area contributed by atoms with Crippen molar-refractivity contribution in [3.05, 3.63) is 94.0 Å². The molecule has 46 heavy (non-hydrogen) atoms. The van der Waals surface area contributed by atoms with E-state index in [9.17, 15) is 43.9 Å². The Bertz CT molecular complexity index is 1610. The first-order valence-corrected chi connectivity index (χ1v) is 15.3. The summed E-state index contributed by atoms with van der Waals surface area (Å²) in [5.41, 5.74) is -1.98. The summed E-state index contributed by atoms with van der Waals surface area (Å²) in [6, 6.07) is 10.8. The first-order valence-electron chi connectivity index (χ1n) is 13.3. The Morgan fingerprint density at radius 2 is 0.870 bits per heavy atom. The zero-order valence-corrected chi connectivity index (χ0v) is 26.5. The van der Waals surface area contributed by atoms with Crippen molar-refractivity contribution in [2.45, 2.75) is 39.1 Å². The van der Waals surface area contributed by atoms with Crippen molar-refractivity contribution < 1.29 is 53.4 Å². The average molecular weight is 694 g/mol. The van der Waals surface area contributed by atoms with Gasteiger partial charge in [0.1, 0.15) is 11.5 Å². The quantitative estimate of drug-likeness (QED) is 0.129. The van der Waals surface area contributed by atoms with Crippen LogP contribution >= 0.6 is 17.2 Å². The molecule has 0 aliphatic carbocycles. The Labute approximate surface area is 261 Å². The molecule has 246 valence electrons. The van der Waals surface area contributed by atoms with Crippen LogP contribution in [0.3, 0.4) is 0 Å². The van der Waals surface area contributed by atoms with Crippen LogP contribution in [0.15, 0.2) is 60.7 Å². The molecular formula is C32H26F10O2P2. The maximum Gasteiger partial charge on any atom is 0.416 e. The van der Waals surface area contributed by atoms with Crippen LogP contribution in [0.4, 0.5) is 43.9 Å². The highest BCUT2D eigenvalue weighted by Gasteiger charge is 2.33. The van der Waals surface area contributed by atoms with Crippen molar-refractivity contribution >= 4 is 38.4 Å². The molecule has 0 saturated carbocycles. The summed E-state index contributed by atoms with van der Waals surface area (Å²) in [6.07, 6.45) is -16.1. The van der Waals surface area contributed by atoms with E-state index in [0.29, 0.717) is 56.5 Å². The van der Waals surface area contributed by atoms with Gasteiger partial charge in [-0.1, -0.05) is 17.2 Å². The van der Waals surface area contributed by atoms with Crippen molar-refractivity contribution in [1.29, 1.82) is 0 Å². The van der Waals surface area contributed by atoms with Gasteiger partial charge >= 0.3 is 12.4 Å². The molecule has 2 nitrogen and oxygen atoms in total. The van der Waals surface area contributed by atoms with E-state index in [1.165, 1.54) is 14.2 Å². The molecule has 0 bridgehead atoms. The zero-order valence-electron chi connectivity index (χ0n) is 24.5. The SMILES string of the molecule is COc1cc(C)c(-c2c(C)cc(OC)cc2Pc2cc(C(F)F)cc(C(F)(F)F)c2)c(Pc2cc(C(F)F)cc(C(F)(F)F)c2)c1. The van der Waals surface area contributed by atoms with Gasteiger partial charge in [0.05, 0.1) is 25.3 Å². The second-order valence-corrected chi connectivity index (χ2v) is 13.0. The molecule has 0 fully saturated rings. The minimum absolute atomic E-state index is 0.0337. The standard InChI is InChI=1S/C32H26F10O2P2/c1-15-5-21(43-3)13-25(45-23-9-17(29(33)34)7-19(11-23)31(37,38)39)27(15)28-16(2)6-22(44-4)14-26(28)46-24-10-18(30(35)36)8-20(12-24)32(40,41)42/h5-14,29-30,45-46H,1-4H3. The van der Waals surface area contributed by atoms with E-state index in [4.69, 9.17) is 9.47 Å². The van der Waals surface area contributed by atoms with Gasteiger partial charge in [-0.15, -0.1) is 0 Å². The van der Waals surface area contributed by atoms with Crippen LogP contribution in [0.25, 0.3) is 11.1 Å². The van der Waals surface area contributed by atoms with Gasteiger partial charge in [0.2, 0.25) is 0 Å². The van der Waals surface area contributed by atoms with Gasteiger partial charge in [-0.25, -0.2) is 17.6 Å². The second-order valence-electron chi connectivity index (χ2n) is 10.3. The lowest BCUT2D eigenvalue weighted by Crippen LogP contribution is -2.18. The third kappa shape index (κ3) is 8.13. The van der Waals surface area contributed by atoms with Crippen LogP contribution < -0.4 is 30.7 Å². The summed E-state index contributed by atoms with van der Waals surface area (Å²) >= 11 is 0. The molecule has 0 saturated heterocycles. The van der Waals surface area contributed by atoms with Crippen LogP contribution in [-0.2, 0) is 12.4 Å². The predicted molar refractivity (Wildman–Crippen MR) is 162 cm³/mol. The minimum Gasteiger partial charge on any atom is -0.497 e. The first-order chi connectivity index (χ1) is 21.4. The highest BCUT2D eigenvalue weighted by molar-refractivity contribution is 7.56. The number of hydrogen-bond donors (Lipinski definition) is 0. The Kier molecular flexibility index (Phi) is 10.6. The summed E-state index contributed by atoms with van der Waals surface area (Å²) in [5.74, 6) is 0.666. The number of benzene rings is 4. The van der Waals surface area contributed by atoms with Crippen LogP contribution in [0.2, 0.25) is 0 Å². The summed E-state index contributed by atoms with van der Waals surface area (Å²) < 4.78 is 147. The maximum atomic E-state index is 13.7. The molecule has 4 aromatic carbocycles. The van der Waals surface area contributed by atoms with E-state index < -0.39 is 64.6 Å². The second kappa shape index (κ2) is 13.8. The molecule has 2 atom stereocenters. The third-order valence-electron chi connectivity index (χ3n) is 6.97. The largest absolute Gasteiger partial charge is 0.497 e. The Morgan fingerprint density at radius 3 is 1.15 bits per heavy atom. The Morgan fingerprint density at radius 1 is 0.522 bits per heavy atom. The van der Waals surface area contributed by atoms with Gasteiger partial charge in [0.15, 0.2) is 0 Å². The third-order valence-corrected chi connectivity index (χ3v) is 9.45. The van der Waals surface area contributed by atoms with E-state index in [1.54, 1.807) is 38.1 Å². The summed E-state index contributed by atoms with van der Waals surface area (Å²) in [4.78, 5) is 0. The monoisotopic (exact) mass is 694 g/mol. The maximum absolute atomic E-state index is 13.7. The topological polar surface area (TPSA) is 18.5 Å². The average Bonchev–Trinajstić information content (AvgIpc) is 2.96. The van der Waals surface area contributed by atoms with E-state index in [-0.39, 0.29) is 10.6 Å². The molecule has 0 heterocycles. The van der Waals surface area contributed by atoms with Gasteiger partial charge in [-0.05, 0) is 118 Å². The van der Waals surface area contributed by atoms with Crippen LogP contribution in [0.5, 0.6) is 11.5 Å². The van der Waals surface area contributed by atoms with Crippen molar-refractivity contribution in [2.75, 3.05) is 14.2 Å². The number of halogens is 10. The molecule has 2 unspecified atom stereocenters. The number of hydrogen-bond acceptors (Lipinski definition) is 2. The normalized spacial score (nSPS) is 12.8. The van der Waals surface area contributed by atoms with Gasteiger partial charge in [0, 0.05) is 11.1 Å². The van der Waals surface area contributed by atoms with Crippen LogP contribution in [-0.4, -0.2) is 14.2 Å². The zero-order chi connectivity index (χ0) is 34.1. The fourth-order valence-electron chi connectivity index (χ4n) is 4.94. The highest BCUT2D eigenvalue weighted by atomic mass is 31.1. The number of methoxy groups -OCH3 is 2. The molecule has 0 aliphatic rings. The molecule has 14 heteroatoms. The molecule has 0 N–H and O–H groups in total. The van der Waals surface area contributed by atoms with Crippen LogP contribution in [0, 0.1) is 13.8 Å².